The smallest absolute Gasteiger partial charge is 0.370 e. The summed E-state index contributed by atoms with van der Waals surface area (Å²) < 4.78 is 77.6. The van der Waals surface area contributed by atoms with Crippen LogP contribution < -0.4 is 11.5 Å². The largest absolute Gasteiger partial charge is 0.389 e. The van der Waals surface area contributed by atoms with Gasteiger partial charge in [-0.1, -0.05) is 6.07 Å². The Morgan fingerprint density at radius 2 is 1.52 bits per heavy atom. The lowest BCUT2D eigenvalue weighted by molar-refractivity contribution is -0.144. The maximum Gasteiger partial charge on any atom is 0.389 e. The fraction of sp³-hybridized carbons (Fsp3) is 0.385. The Morgan fingerprint density at radius 1 is 0.957 bits per heavy atom. The fourth-order valence-electron chi connectivity index (χ4n) is 2.21. The van der Waals surface area contributed by atoms with Gasteiger partial charge >= 0.3 is 6.18 Å². The van der Waals surface area contributed by atoms with Crippen LogP contribution in [-0.4, -0.2) is 18.0 Å². The monoisotopic (exact) mass is 342 g/mol. The van der Waals surface area contributed by atoms with Crippen molar-refractivity contribution in [2.75, 3.05) is 0 Å². The molecule has 1 aromatic rings. The highest BCUT2D eigenvalue weighted by Gasteiger charge is 2.45. The molecule has 23 heavy (non-hydrogen) atoms. The van der Waals surface area contributed by atoms with E-state index in [2.05, 4.69) is 0 Å². The molecular weight excluding hydrogens is 330 g/mol. The SMILES string of the molecule is NC(=O)CC(CCC(F)(F)F)(C(N)=O)c1ccc(F)c(F)c1F. The molecule has 0 aliphatic heterocycles. The summed E-state index contributed by atoms with van der Waals surface area (Å²) >= 11 is 0. The molecule has 4 N–H and O–H groups in total. The number of hydrogen-bond donors (Lipinski definition) is 2. The van der Waals surface area contributed by atoms with Crippen molar-refractivity contribution in [3.05, 3.63) is 35.1 Å². The van der Waals surface area contributed by atoms with Crippen LogP contribution in [0, 0.1) is 17.5 Å². The number of nitrogens with two attached hydrogens (primary N) is 2. The standard InChI is InChI=1S/C13H12F6N2O2/c14-7-2-1-6(9(15)10(7)16)12(11(21)23,5-8(20)22)3-4-13(17,18)19/h1-2H,3-5H2,(H2,20,22)(H2,21,23). The molecule has 4 nitrogen and oxygen atoms in total. The second-order valence-electron chi connectivity index (χ2n) is 4.93. The number of benzene rings is 1. The molecular formula is C13H12F6N2O2. The second-order valence-corrected chi connectivity index (χ2v) is 4.93. The quantitative estimate of drug-likeness (QED) is 0.612. The second kappa shape index (κ2) is 6.47. The molecule has 0 bridgehead atoms. The molecule has 0 radical (unpaired) electrons. The van der Waals surface area contributed by atoms with Crippen molar-refractivity contribution in [2.45, 2.75) is 30.9 Å². The van der Waals surface area contributed by atoms with Crippen molar-refractivity contribution in [1.82, 2.24) is 0 Å². The van der Waals surface area contributed by atoms with Crippen LogP contribution in [0.4, 0.5) is 26.3 Å². The number of rotatable bonds is 6. The van der Waals surface area contributed by atoms with Crippen LogP contribution in [0.25, 0.3) is 0 Å². The zero-order valence-corrected chi connectivity index (χ0v) is 11.5. The first-order valence-electron chi connectivity index (χ1n) is 6.19. The van der Waals surface area contributed by atoms with E-state index in [-0.39, 0.29) is 0 Å². The molecule has 1 unspecified atom stereocenters. The van der Waals surface area contributed by atoms with Gasteiger partial charge in [-0.2, -0.15) is 13.2 Å². The van der Waals surface area contributed by atoms with Crippen molar-refractivity contribution < 1.29 is 35.9 Å². The minimum Gasteiger partial charge on any atom is -0.370 e. The summed E-state index contributed by atoms with van der Waals surface area (Å²) in [6.45, 7) is 0. The predicted molar refractivity (Wildman–Crippen MR) is 66.3 cm³/mol. The summed E-state index contributed by atoms with van der Waals surface area (Å²) in [5.74, 6) is -8.27. The molecule has 2 amide bonds. The summed E-state index contributed by atoms with van der Waals surface area (Å²) in [6, 6.07) is 0.984. The summed E-state index contributed by atoms with van der Waals surface area (Å²) in [5, 5.41) is 0. The summed E-state index contributed by atoms with van der Waals surface area (Å²) in [6.07, 6.45) is -8.59. The predicted octanol–water partition coefficient (Wildman–Crippen LogP) is 2.04. The molecule has 128 valence electrons. The number of alkyl halides is 3. The van der Waals surface area contributed by atoms with Crippen molar-refractivity contribution >= 4 is 11.8 Å². The van der Waals surface area contributed by atoms with E-state index in [0.717, 1.165) is 0 Å². The molecule has 10 heteroatoms. The highest BCUT2D eigenvalue weighted by atomic mass is 19.4. The first-order valence-corrected chi connectivity index (χ1v) is 6.19. The number of primary amides is 2. The molecule has 1 atom stereocenters. The van der Waals surface area contributed by atoms with Crippen LogP contribution in [0.3, 0.4) is 0 Å². The highest BCUT2D eigenvalue weighted by Crippen LogP contribution is 2.38. The lowest BCUT2D eigenvalue weighted by Gasteiger charge is -2.31. The van der Waals surface area contributed by atoms with Crippen molar-refractivity contribution in [1.29, 1.82) is 0 Å². The molecule has 1 aromatic carbocycles. The Labute approximate surface area is 126 Å². The number of carbonyl (C=O) groups excluding carboxylic acids is 2. The molecule has 0 aromatic heterocycles. The van der Waals surface area contributed by atoms with Gasteiger partial charge < -0.3 is 11.5 Å². The van der Waals surface area contributed by atoms with E-state index in [1.807, 2.05) is 0 Å². The van der Waals surface area contributed by atoms with Crippen LogP contribution in [0.5, 0.6) is 0 Å². The molecule has 0 saturated carbocycles. The van der Waals surface area contributed by atoms with Crippen LogP contribution in [0.15, 0.2) is 12.1 Å². The third kappa shape index (κ3) is 4.14. The Morgan fingerprint density at radius 3 is 1.96 bits per heavy atom. The van der Waals surface area contributed by atoms with E-state index in [9.17, 15) is 35.9 Å². The minimum absolute atomic E-state index is 0.417. The summed E-state index contributed by atoms with van der Waals surface area (Å²) in [5.41, 5.74) is 6.44. The van der Waals surface area contributed by atoms with Crippen molar-refractivity contribution in [3.63, 3.8) is 0 Å². The first-order chi connectivity index (χ1) is 10.4. The van der Waals surface area contributed by atoms with Gasteiger partial charge in [0, 0.05) is 18.4 Å². The fourth-order valence-corrected chi connectivity index (χ4v) is 2.21. The molecule has 0 spiro atoms. The Bertz CT molecular complexity index is 632. The average Bonchev–Trinajstić information content (AvgIpc) is 2.40. The molecule has 1 rings (SSSR count). The lowest BCUT2D eigenvalue weighted by atomic mass is 9.72. The van der Waals surface area contributed by atoms with Crippen LogP contribution in [0.2, 0.25) is 0 Å². The Balaban J connectivity index is 3.52. The van der Waals surface area contributed by atoms with E-state index in [4.69, 9.17) is 11.5 Å². The third-order valence-electron chi connectivity index (χ3n) is 3.33. The number of hydrogen-bond acceptors (Lipinski definition) is 2. The van der Waals surface area contributed by atoms with Gasteiger partial charge in [0.15, 0.2) is 17.5 Å². The van der Waals surface area contributed by atoms with Crippen molar-refractivity contribution in [2.24, 2.45) is 11.5 Å². The molecule has 0 fully saturated rings. The average molecular weight is 342 g/mol. The van der Waals surface area contributed by atoms with Gasteiger partial charge in [-0.05, 0) is 12.5 Å². The van der Waals surface area contributed by atoms with Crippen LogP contribution in [0.1, 0.15) is 24.8 Å². The maximum absolute atomic E-state index is 13.9. The number of carbonyl (C=O) groups is 2. The summed E-state index contributed by atoms with van der Waals surface area (Å²) in [4.78, 5) is 22.8. The number of amides is 2. The van der Waals surface area contributed by atoms with Gasteiger partial charge in [0.2, 0.25) is 11.8 Å². The van der Waals surface area contributed by atoms with Gasteiger partial charge in [0.25, 0.3) is 0 Å². The minimum atomic E-state index is -4.76. The van der Waals surface area contributed by atoms with Crippen molar-refractivity contribution in [3.8, 4) is 0 Å². The van der Waals surface area contributed by atoms with E-state index >= 15 is 0 Å². The van der Waals surface area contributed by atoms with Crippen LogP contribution >= 0.6 is 0 Å². The van der Waals surface area contributed by atoms with Gasteiger partial charge in [-0.3, -0.25) is 9.59 Å². The van der Waals surface area contributed by atoms with E-state index in [1.165, 1.54) is 0 Å². The Hall–Kier alpha value is -2.26. The first kappa shape index (κ1) is 18.8. The van der Waals surface area contributed by atoms with Gasteiger partial charge in [-0.15, -0.1) is 0 Å². The van der Waals surface area contributed by atoms with Gasteiger partial charge in [0.05, 0.1) is 5.41 Å². The van der Waals surface area contributed by atoms with E-state index in [0.29, 0.717) is 12.1 Å². The lowest BCUT2D eigenvalue weighted by Crippen LogP contribution is -2.46. The molecule has 0 heterocycles. The van der Waals surface area contributed by atoms with Gasteiger partial charge in [-0.25, -0.2) is 13.2 Å². The maximum atomic E-state index is 13.9. The van der Waals surface area contributed by atoms with Gasteiger partial charge in [0.1, 0.15) is 0 Å². The zero-order chi connectivity index (χ0) is 18.0. The zero-order valence-electron chi connectivity index (χ0n) is 11.5. The highest BCUT2D eigenvalue weighted by molar-refractivity contribution is 5.92. The summed E-state index contributed by atoms with van der Waals surface area (Å²) in [7, 11) is 0. The molecule has 0 saturated heterocycles. The normalized spacial score (nSPS) is 14.3. The Kier molecular flexibility index (Phi) is 5.28. The molecule has 0 aliphatic carbocycles. The number of halogens is 6. The molecule has 0 aliphatic rings. The van der Waals surface area contributed by atoms with E-state index in [1.54, 1.807) is 0 Å². The van der Waals surface area contributed by atoms with E-state index < -0.39 is 65.7 Å². The third-order valence-corrected chi connectivity index (χ3v) is 3.33. The van der Waals surface area contributed by atoms with Crippen LogP contribution in [-0.2, 0) is 15.0 Å². The topological polar surface area (TPSA) is 86.2 Å².